The molecule has 78 valence electrons. The maximum atomic E-state index is 5.77. The topological polar surface area (TPSA) is 56.7 Å². The molecular weight excluding hydrogens is 188 g/mol. The van der Waals surface area contributed by atoms with Gasteiger partial charge in [0, 0.05) is 17.8 Å². The molecule has 15 heavy (non-hydrogen) atoms. The molecule has 0 saturated carbocycles. The molecule has 0 aliphatic rings. The summed E-state index contributed by atoms with van der Waals surface area (Å²) in [6.45, 7) is 4.85. The summed E-state index contributed by atoms with van der Waals surface area (Å²) in [5, 5.41) is 4.14. The first kappa shape index (κ1) is 9.71. The monoisotopic (exact) mass is 202 g/mol. The molecule has 0 unspecified atom stereocenters. The second-order valence-corrected chi connectivity index (χ2v) is 3.47. The van der Waals surface area contributed by atoms with Crippen LogP contribution in [0.15, 0.2) is 24.5 Å². The molecule has 0 saturated heterocycles. The van der Waals surface area contributed by atoms with Crippen LogP contribution >= 0.6 is 0 Å². The van der Waals surface area contributed by atoms with E-state index in [1.165, 1.54) is 0 Å². The minimum absolute atomic E-state index is 0.807. The second-order valence-electron chi connectivity index (χ2n) is 3.47. The van der Waals surface area contributed by atoms with E-state index in [0.717, 1.165) is 29.2 Å². The molecular formula is C11H14N4. The molecule has 0 radical (unpaired) electrons. The fourth-order valence-corrected chi connectivity index (χ4v) is 1.53. The molecule has 2 rings (SSSR count). The van der Waals surface area contributed by atoms with Gasteiger partial charge in [-0.15, -0.1) is 0 Å². The van der Waals surface area contributed by atoms with Gasteiger partial charge in [-0.05, 0) is 37.6 Å². The highest BCUT2D eigenvalue weighted by molar-refractivity contribution is 5.62. The van der Waals surface area contributed by atoms with Crippen molar-refractivity contribution in [1.82, 2.24) is 14.8 Å². The van der Waals surface area contributed by atoms with Crippen LogP contribution in [-0.4, -0.2) is 14.8 Å². The molecule has 4 heteroatoms. The first-order chi connectivity index (χ1) is 7.22. The Kier molecular flexibility index (Phi) is 2.41. The van der Waals surface area contributed by atoms with Crippen LogP contribution in [0.5, 0.6) is 0 Å². The molecule has 0 amide bonds. The quantitative estimate of drug-likeness (QED) is 0.756. The van der Waals surface area contributed by atoms with Crippen molar-refractivity contribution in [3.63, 3.8) is 0 Å². The summed E-state index contributed by atoms with van der Waals surface area (Å²) >= 11 is 0. The highest BCUT2D eigenvalue weighted by Gasteiger charge is 2.06. The molecule has 0 aliphatic heterocycles. The Morgan fingerprint density at radius 2 is 2.20 bits per heavy atom. The van der Waals surface area contributed by atoms with E-state index in [2.05, 4.69) is 10.1 Å². The van der Waals surface area contributed by atoms with Crippen LogP contribution in [0.4, 0.5) is 5.69 Å². The van der Waals surface area contributed by atoms with Gasteiger partial charge in [-0.2, -0.15) is 5.10 Å². The molecule has 0 fully saturated rings. The predicted octanol–water partition coefficient (Wildman–Crippen LogP) is 1.86. The van der Waals surface area contributed by atoms with Gasteiger partial charge < -0.3 is 5.73 Å². The van der Waals surface area contributed by atoms with Crippen LogP contribution in [0.2, 0.25) is 0 Å². The minimum Gasteiger partial charge on any atom is -0.399 e. The summed E-state index contributed by atoms with van der Waals surface area (Å²) in [5.74, 6) is 0.889. The number of aromatic nitrogens is 3. The van der Waals surface area contributed by atoms with Crippen LogP contribution in [0.3, 0.4) is 0 Å². The first-order valence-corrected chi connectivity index (χ1v) is 4.96. The van der Waals surface area contributed by atoms with E-state index in [1.54, 1.807) is 6.33 Å². The van der Waals surface area contributed by atoms with E-state index < -0.39 is 0 Å². The summed E-state index contributed by atoms with van der Waals surface area (Å²) in [5.41, 5.74) is 8.70. The Labute approximate surface area is 88.8 Å². The lowest BCUT2D eigenvalue weighted by Crippen LogP contribution is -2.00. The third kappa shape index (κ3) is 1.70. The Hall–Kier alpha value is -1.84. The molecule has 0 spiro atoms. The highest BCUT2D eigenvalue weighted by atomic mass is 15.3. The Balaban J connectivity index is 2.50. The van der Waals surface area contributed by atoms with Crippen molar-refractivity contribution in [2.45, 2.75) is 20.4 Å². The van der Waals surface area contributed by atoms with Crippen molar-refractivity contribution in [1.29, 1.82) is 0 Å². The first-order valence-electron chi connectivity index (χ1n) is 4.96. The van der Waals surface area contributed by atoms with Gasteiger partial charge in [0.1, 0.15) is 6.33 Å². The van der Waals surface area contributed by atoms with Gasteiger partial charge in [-0.1, -0.05) is 0 Å². The normalized spacial score (nSPS) is 10.5. The largest absolute Gasteiger partial charge is 0.399 e. The zero-order valence-electron chi connectivity index (χ0n) is 8.94. The lowest BCUT2D eigenvalue weighted by atomic mass is 10.1. The van der Waals surface area contributed by atoms with Crippen LogP contribution in [0, 0.1) is 6.92 Å². The molecule has 2 N–H and O–H groups in total. The van der Waals surface area contributed by atoms with Gasteiger partial charge in [-0.25, -0.2) is 9.67 Å². The van der Waals surface area contributed by atoms with Gasteiger partial charge in [0.15, 0.2) is 5.82 Å². The summed E-state index contributed by atoms with van der Waals surface area (Å²) < 4.78 is 1.87. The number of hydrogen-bond acceptors (Lipinski definition) is 3. The predicted molar refractivity (Wildman–Crippen MR) is 60.3 cm³/mol. The van der Waals surface area contributed by atoms with Crippen molar-refractivity contribution in [3.8, 4) is 11.4 Å². The lowest BCUT2D eigenvalue weighted by Gasteiger charge is -2.05. The van der Waals surface area contributed by atoms with Crippen LogP contribution < -0.4 is 5.73 Å². The van der Waals surface area contributed by atoms with Crippen LogP contribution in [0.25, 0.3) is 11.4 Å². The standard InChI is InChI=1S/C11H14N4/c1-3-15-11(13-7-14-15)9-4-5-10(12)8(2)6-9/h4-7H,3,12H2,1-2H3. The zero-order valence-corrected chi connectivity index (χ0v) is 8.94. The number of nitrogen functional groups attached to an aromatic ring is 1. The van der Waals surface area contributed by atoms with E-state index in [4.69, 9.17) is 5.73 Å². The van der Waals surface area contributed by atoms with Gasteiger partial charge in [-0.3, -0.25) is 0 Å². The van der Waals surface area contributed by atoms with E-state index in [1.807, 2.05) is 36.7 Å². The van der Waals surface area contributed by atoms with Gasteiger partial charge in [0.25, 0.3) is 0 Å². The third-order valence-corrected chi connectivity index (χ3v) is 2.44. The Bertz CT molecular complexity index is 473. The van der Waals surface area contributed by atoms with Crippen molar-refractivity contribution >= 4 is 5.69 Å². The van der Waals surface area contributed by atoms with Crippen LogP contribution in [-0.2, 0) is 6.54 Å². The number of hydrogen-bond donors (Lipinski definition) is 1. The smallest absolute Gasteiger partial charge is 0.158 e. The van der Waals surface area contributed by atoms with Crippen molar-refractivity contribution < 1.29 is 0 Å². The van der Waals surface area contributed by atoms with E-state index in [9.17, 15) is 0 Å². The van der Waals surface area contributed by atoms with E-state index in [-0.39, 0.29) is 0 Å². The molecule has 1 aromatic heterocycles. The summed E-state index contributed by atoms with van der Waals surface area (Å²) in [6, 6.07) is 5.91. The molecule has 0 bridgehead atoms. The molecule has 1 heterocycles. The van der Waals surface area contributed by atoms with Crippen LogP contribution in [0.1, 0.15) is 12.5 Å². The van der Waals surface area contributed by atoms with Gasteiger partial charge in [0.2, 0.25) is 0 Å². The zero-order chi connectivity index (χ0) is 10.8. The number of rotatable bonds is 2. The molecule has 0 aliphatic carbocycles. The Morgan fingerprint density at radius 3 is 2.87 bits per heavy atom. The minimum atomic E-state index is 0.807. The van der Waals surface area contributed by atoms with Crippen molar-refractivity contribution in [2.75, 3.05) is 5.73 Å². The van der Waals surface area contributed by atoms with E-state index in [0.29, 0.717) is 0 Å². The number of anilines is 1. The number of nitrogens with two attached hydrogens (primary N) is 1. The molecule has 2 aromatic rings. The fraction of sp³-hybridized carbons (Fsp3) is 0.273. The molecule has 0 atom stereocenters. The second kappa shape index (κ2) is 3.73. The van der Waals surface area contributed by atoms with Crippen molar-refractivity contribution in [2.24, 2.45) is 0 Å². The molecule has 4 nitrogen and oxygen atoms in total. The van der Waals surface area contributed by atoms with Gasteiger partial charge in [0.05, 0.1) is 0 Å². The SMILES string of the molecule is CCn1ncnc1-c1ccc(N)c(C)c1. The lowest BCUT2D eigenvalue weighted by molar-refractivity contribution is 0.666. The summed E-state index contributed by atoms with van der Waals surface area (Å²) in [7, 11) is 0. The highest BCUT2D eigenvalue weighted by Crippen LogP contribution is 2.21. The van der Waals surface area contributed by atoms with Crippen molar-refractivity contribution in [3.05, 3.63) is 30.1 Å². The maximum absolute atomic E-state index is 5.77. The Morgan fingerprint density at radius 1 is 1.40 bits per heavy atom. The number of aryl methyl sites for hydroxylation is 2. The fourth-order valence-electron chi connectivity index (χ4n) is 1.53. The number of nitrogens with zero attached hydrogens (tertiary/aromatic N) is 3. The average molecular weight is 202 g/mol. The summed E-state index contributed by atoms with van der Waals surface area (Å²) in [6.07, 6.45) is 1.57. The molecule has 1 aromatic carbocycles. The van der Waals surface area contributed by atoms with E-state index >= 15 is 0 Å². The average Bonchev–Trinajstić information content (AvgIpc) is 2.70. The summed E-state index contributed by atoms with van der Waals surface area (Å²) in [4.78, 5) is 4.24. The third-order valence-electron chi connectivity index (χ3n) is 2.44. The number of benzene rings is 1. The van der Waals surface area contributed by atoms with Gasteiger partial charge >= 0.3 is 0 Å². The maximum Gasteiger partial charge on any atom is 0.158 e.